The zero-order valence-corrected chi connectivity index (χ0v) is 24.4. The molecular formula is C33H46N4O3. The number of amides is 3. The molecule has 1 heterocycles. The number of para-hydroxylation sites is 3. The zero-order valence-electron chi connectivity index (χ0n) is 24.4. The molecule has 4 rings (SSSR count). The average Bonchev–Trinajstić information content (AvgIpc) is 3.43. The molecule has 0 radical (unpaired) electrons. The number of anilines is 3. The van der Waals surface area contributed by atoms with Crippen LogP contribution in [0.3, 0.4) is 0 Å². The van der Waals surface area contributed by atoms with Crippen molar-refractivity contribution in [2.24, 2.45) is 29.4 Å². The van der Waals surface area contributed by atoms with Gasteiger partial charge in [0.2, 0.25) is 11.8 Å². The van der Waals surface area contributed by atoms with Gasteiger partial charge in [-0.25, -0.2) is 0 Å². The van der Waals surface area contributed by atoms with Crippen LogP contribution < -0.4 is 20.9 Å². The summed E-state index contributed by atoms with van der Waals surface area (Å²) in [5.74, 6) is -1.13. The van der Waals surface area contributed by atoms with Crippen LogP contribution in [0.5, 0.6) is 0 Å². The van der Waals surface area contributed by atoms with Gasteiger partial charge in [-0.3, -0.25) is 14.4 Å². The number of nitrogens with zero attached hydrogens (tertiary/aromatic N) is 2. The third-order valence-corrected chi connectivity index (χ3v) is 8.53. The van der Waals surface area contributed by atoms with Gasteiger partial charge in [0.15, 0.2) is 0 Å². The maximum atomic E-state index is 14.3. The van der Waals surface area contributed by atoms with Crippen LogP contribution in [0.2, 0.25) is 0 Å². The van der Waals surface area contributed by atoms with Gasteiger partial charge >= 0.3 is 0 Å². The van der Waals surface area contributed by atoms with Gasteiger partial charge in [0.05, 0.1) is 17.9 Å². The summed E-state index contributed by atoms with van der Waals surface area (Å²) in [6.07, 6.45) is 7.72. The van der Waals surface area contributed by atoms with Gasteiger partial charge in [0.25, 0.3) is 5.91 Å². The molecule has 2 aromatic carbocycles. The van der Waals surface area contributed by atoms with Crippen molar-refractivity contribution in [2.75, 3.05) is 22.9 Å². The van der Waals surface area contributed by atoms with Gasteiger partial charge < -0.3 is 20.9 Å². The summed E-state index contributed by atoms with van der Waals surface area (Å²) in [7, 11) is 0. The van der Waals surface area contributed by atoms with Crippen molar-refractivity contribution in [3.05, 3.63) is 54.6 Å². The van der Waals surface area contributed by atoms with Gasteiger partial charge in [-0.1, -0.05) is 83.2 Å². The minimum Gasteiger partial charge on any atom is -0.369 e. The Labute approximate surface area is 239 Å². The van der Waals surface area contributed by atoms with Crippen LogP contribution >= 0.6 is 0 Å². The number of nitrogens with two attached hydrogens (primary N) is 1. The number of rotatable bonds is 12. The molecule has 7 nitrogen and oxygen atoms in total. The predicted octanol–water partition coefficient (Wildman–Crippen LogP) is 5.80. The van der Waals surface area contributed by atoms with Crippen molar-refractivity contribution in [3.8, 4) is 0 Å². The fourth-order valence-electron chi connectivity index (χ4n) is 6.48. The lowest BCUT2D eigenvalue weighted by Gasteiger charge is -2.30. The fraction of sp³-hybridized carbons (Fsp3) is 0.545. The topological polar surface area (TPSA) is 95.7 Å². The second-order valence-electron chi connectivity index (χ2n) is 12.0. The van der Waals surface area contributed by atoms with E-state index in [2.05, 4.69) is 10.2 Å². The van der Waals surface area contributed by atoms with Crippen molar-refractivity contribution in [2.45, 2.75) is 78.2 Å². The number of fused-ring (bicyclic) bond motifs is 1. The number of hydrogen-bond donors (Lipinski definition) is 2. The Bertz CT molecular complexity index is 1150. The Kier molecular flexibility index (Phi) is 10.2. The highest BCUT2D eigenvalue weighted by molar-refractivity contribution is 6.04. The van der Waals surface area contributed by atoms with Gasteiger partial charge in [0.1, 0.15) is 6.04 Å². The van der Waals surface area contributed by atoms with E-state index in [1.807, 2.05) is 80.3 Å². The third kappa shape index (κ3) is 7.04. The first-order valence-electron chi connectivity index (χ1n) is 15.1. The highest BCUT2D eigenvalue weighted by Gasteiger charge is 2.39. The molecule has 1 fully saturated rings. The second kappa shape index (κ2) is 13.8. The Hall–Kier alpha value is -3.35. The maximum Gasteiger partial charge on any atom is 0.251 e. The van der Waals surface area contributed by atoms with E-state index in [9.17, 15) is 14.4 Å². The van der Waals surface area contributed by atoms with Crippen molar-refractivity contribution >= 4 is 34.8 Å². The summed E-state index contributed by atoms with van der Waals surface area (Å²) in [4.78, 5) is 44.6. The van der Waals surface area contributed by atoms with Crippen LogP contribution in [0.25, 0.3) is 0 Å². The van der Waals surface area contributed by atoms with Crippen LogP contribution in [0.4, 0.5) is 17.1 Å². The Morgan fingerprint density at radius 3 is 2.25 bits per heavy atom. The number of carbonyl (C=O) groups excluding carboxylic acids is 3. The first-order valence-corrected chi connectivity index (χ1v) is 15.1. The molecular weight excluding hydrogens is 500 g/mol. The van der Waals surface area contributed by atoms with Crippen LogP contribution in [-0.2, 0) is 14.4 Å². The Morgan fingerprint density at radius 1 is 0.975 bits per heavy atom. The molecule has 1 aliphatic heterocycles. The molecule has 3 atom stereocenters. The van der Waals surface area contributed by atoms with E-state index in [4.69, 9.17) is 5.73 Å². The normalized spacial score (nSPS) is 19.3. The summed E-state index contributed by atoms with van der Waals surface area (Å²) in [6, 6.07) is 17.2. The van der Waals surface area contributed by atoms with E-state index in [1.165, 1.54) is 25.7 Å². The highest BCUT2D eigenvalue weighted by Crippen LogP contribution is 2.38. The minimum absolute atomic E-state index is 0.105. The smallest absolute Gasteiger partial charge is 0.251 e. The largest absolute Gasteiger partial charge is 0.369 e. The standard InChI is InChI=1S/C33H46N4O3/c1-4-12-26(31(34)38)27(21-23(2)3)32(39)35-28-22-37(25-15-6-5-7-16-25)30-18-11-10-17-29(30)36(33(28)40)20-19-24-13-8-9-14-24/h5-7,10-11,15-18,23-24,26-28H,4,8-9,12-14,19-22H2,1-3H3,(H2,34,38)(H,35,39)/t26-,27+,28?/m0/s1. The average molecular weight is 547 g/mol. The van der Waals surface area contributed by atoms with E-state index >= 15 is 0 Å². The summed E-state index contributed by atoms with van der Waals surface area (Å²) in [6.45, 7) is 6.99. The van der Waals surface area contributed by atoms with Crippen LogP contribution in [0, 0.1) is 23.7 Å². The molecule has 3 amide bonds. The van der Waals surface area contributed by atoms with Crippen molar-refractivity contribution < 1.29 is 14.4 Å². The lowest BCUT2D eigenvalue weighted by atomic mass is 9.81. The summed E-state index contributed by atoms with van der Waals surface area (Å²) in [5, 5.41) is 3.12. The molecule has 0 spiro atoms. The predicted molar refractivity (Wildman–Crippen MR) is 161 cm³/mol. The van der Waals surface area contributed by atoms with Crippen molar-refractivity contribution in [1.29, 1.82) is 0 Å². The molecule has 3 N–H and O–H groups in total. The van der Waals surface area contributed by atoms with Gasteiger partial charge in [-0.15, -0.1) is 0 Å². The first-order chi connectivity index (χ1) is 19.3. The lowest BCUT2D eigenvalue weighted by molar-refractivity contribution is -0.136. The highest BCUT2D eigenvalue weighted by atomic mass is 16.2. The molecule has 0 aromatic heterocycles. The molecule has 1 saturated carbocycles. The van der Waals surface area contributed by atoms with E-state index in [0.717, 1.165) is 29.9 Å². The summed E-state index contributed by atoms with van der Waals surface area (Å²) in [5.41, 5.74) is 8.57. The minimum atomic E-state index is -0.770. The summed E-state index contributed by atoms with van der Waals surface area (Å²) >= 11 is 0. The van der Waals surface area contributed by atoms with E-state index in [1.54, 1.807) is 0 Å². The quantitative estimate of drug-likeness (QED) is 0.352. The molecule has 1 aliphatic carbocycles. The number of primary amides is 1. The van der Waals surface area contributed by atoms with E-state index in [0.29, 0.717) is 31.8 Å². The zero-order chi connectivity index (χ0) is 28.6. The van der Waals surface area contributed by atoms with Gasteiger partial charge in [-0.05, 0) is 55.4 Å². The molecule has 0 saturated heterocycles. The number of benzene rings is 2. The van der Waals surface area contributed by atoms with Crippen molar-refractivity contribution in [1.82, 2.24) is 5.32 Å². The number of carbonyl (C=O) groups is 3. The Balaban J connectivity index is 1.69. The molecule has 216 valence electrons. The molecule has 0 bridgehead atoms. The van der Waals surface area contributed by atoms with Crippen LogP contribution in [0.1, 0.15) is 72.1 Å². The van der Waals surface area contributed by atoms with E-state index in [-0.39, 0.29) is 17.7 Å². The SMILES string of the molecule is CCC[C@H](C(N)=O)[C@@H](CC(C)C)C(=O)NC1CN(c2ccccc2)c2ccccc2N(CCC2CCCC2)C1=O. The molecule has 2 aromatic rings. The summed E-state index contributed by atoms with van der Waals surface area (Å²) < 4.78 is 0. The monoisotopic (exact) mass is 546 g/mol. The number of nitrogens with one attached hydrogen (secondary N) is 1. The lowest BCUT2D eigenvalue weighted by Crippen LogP contribution is -2.54. The molecule has 7 heteroatoms. The van der Waals surface area contributed by atoms with Crippen LogP contribution in [-0.4, -0.2) is 36.9 Å². The third-order valence-electron chi connectivity index (χ3n) is 8.53. The van der Waals surface area contributed by atoms with Crippen molar-refractivity contribution in [3.63, 3.8) is 0 Å². The van der Waals surface area contributed by atoms with Gasteiger partial charge in [-0.2, -0.15) is 0 Å². The van der Waals surface area contributed by atoms with Gasteiger partial charge in [0, 0.05) is 24.1 Å². The Morgan fingerprint density at radius 2 is 1.62 bits per heavy atom. The van der Waals surface area contributed by atoms with E-state index < -0.39 is 23.8 Å². The number of hydrogen-bond acceptors (Lipinski definition) is 4. The van der Waals surface area contributed by atoms with Crippen LogP contribution in [0.15, 0.2) is 54.6 Å². The first kappa shape index (κ1) is 29.6. The molecule has 1 unspecified atom stereocenters. The maximum absolute atomic E-state index is 14.3. The fourth-order valence-corrected chi connectivity index (χ4v) is 6.48. The second-order valence-corrected chi connectivity index (χ2v) is 12.0. The molecule has 2 aliphatic rings. The molecule has 40 heavy (non-hydrogen) atoms.